The number of hydrogen-bond donors (Lipinski definition) is 2. The van der Waals surface area contributed by atoms with Crippen molar-refractivity contribution in [1.82, 2.24) is 20.3 Å². The SMILES string of the molecule is COCCOc1ccc(NC(=O)c2cn(C3CCNCC3)nn2)c(C)c1.Cl. The van der Waals surface area contributed by atoms with Crippen molar-refractivity contribution in [3.63, 3.8) is 0 Å². The fourth-order valence-electron chi connectivity index (χ4n) is 2.93. The minimum Gasteiger partial charge on any atom is -0.491 e. The summed E-state index contributed by atoms with van der Waals surface area (Å²) in [6.07, 6.45) is 3.71. The van der Waals surface area contributed by atoms with Crippen LogP contribution in [0.2, 0.25) is 0 Å². The number of aromatic nitrogens is 3. The van der Waals surface area contributed by atoms with Crippen LogP contribution in [0.5, 0.6) is 5.75 Å². The molecule has 1 aromatic carbocycles. The van der Waals surface area contributed by atoms with Gasteiger partial charge in [0.15, 0.2) is 5.69 Å². The summed E-state index contributed by atoms with van der Waals surface area (Å²) in [5.41, 5.74) is 1.97. The predicted octanol–water partition coefficient (Wildman–Crippen LogP) is 2.21. The maximum atomic E-state index is 12.5. The lowest BCUT2D eigenvalue weighted by Crippen LogP contribution is -2.29. The number of halogens is 1. The second-order valence-corrected chi connectivity index (χ2v) is 6.34. The highest BCUT2D eigenvalue weighted by Gasteiger charge is 2.19. The summed E-state index contributed by atoms with van der Waals surface area (Å²) in [5, 5.41) is 14.4. The van der Waals surface area contributed by atoms with Gasteiger partial charge in [0.05, 0.1) is 18.8 Å². The normalized spacial score (nSPS) is 14.4. The minimum absolute atomic E-state index is 0. The monoisotopic (exact) mass is 395 g/mol. The molecule has 1 aromatic heterocycles. The Labute approximate surface area is 165 Å². The van der Waals surface area contributed by atoms with Crippen LogP contribution in [0.4, 0.5) is 5.69 Å². The molecule has 8 nitrogen and oxygen atoms in total. The van der Waals surface area contributed by atoms with Gasteiger partial charge in [-0.2, -0.15) is 0 Å². The molecule has 1 aliphatic rings. The van der Waals surface area contributed by atoms with E-state index >= 15 is 0 Å². The number of hydrogen-bond acceptors (Lipinski definition) is 6. The predicted molar refractivity (Wildman–Crippen MR) is 105 cm³/mol. The van der Waals surface area contributed by atoms with Gasteiger partial charge in [0.25, 0.3) is 5.91 Å². The second-order valence-electron chi connectivity index (χ2n) is 6.34. The fourth-order valence-corrected chi connectivity index (χ4v) is 2.93. The van der Waals surface area contributed by atoms with Crippen LogP contribution in [0.15, 0.2) is 24.4 Å². The van der Waals surface area contributed by atoms with Crippen LogP contribution in [0.1, 0.15) is 34.9 Å². The van der Waals surface area contributed by atoms with Gasteiger partial charge in [0, 0.05) is 12.8 Å². The van der Waals surface area contributed by atoms with E-state index in [9.17, 15) is 4.79 Å². The summed E-state index contributed by atoms with van der Waals surface area (Å²) in [6.45, 7) is 4.87. The summed E-state index contributed by atoms with van der Waals surface area (Å²) >= 11 is 0. The first-order chi connectivity index (χ1) is 12.7. The van der Waals surface area contributed by atoms with E-state index in [4.69, 9.17) is 9.47 Å². The third-order valence-electron chi connectivity index (χ3n) is 4.43. The molecule has 0 atom stereocenters. The van der Waals surface area contributed by atoms with Crippen LogP contribution in [-0.2, 0) is 4.74 Å². The van der Waals surface area contributed by atoms with Gasteiger partial charge in [0.1, 0.15) is 12.4 Å². The molecule has 3 rings (SSSR count). The second kappa shape index (κ2) is 10.2. The van der Waals surface area contributed by atoms with Gasteiger partial charge in [-0.25, -0.2) is 4.68 Å². The topological polar surface area (TPSA) is 90.3 Å². The van der Waals surface area contributed by atoms with Gasteiger partial charge in [-0.3, -0.25) is 4.79 Å². The smallest absolute Gasteiger partial charge is 0.277 e. The largest absolute Gasteiger partial charge is 0.491 e. The Bertz CT molecular complexity index is 746. The summed E-state index contributed by atoms with van der Waals surface area (Å²) in [4.78, 5) is 12.5. The van der Waals surface area contributed by atoms with Crippen LogP contribution in [0.25, 0.3) is 0 Å². The Balaban J connectivity index is 0.00000261. The Morgan fingerprint density at radius 3 is 2.81 bits per heavy atom. The lowest BCUT2D eigenvalue weighted by atomic mass is 10.1. The molecule has 148 valence electrons. The number of benzene rings is 1. The highest BCUT2D eigenvalue weighted by molar-refractivity contribution is 6.03. The Kier molecular flexibility index (Phi) is 8.02. The van der Waals surface area contributed by atoms with E-state index < -0.39 is 0 Å². The van der Waals surface area contributed by atoms with Gasteiger partial charge < -0.3 is 20.1 Å². The first-order valence-electron chi connectivity index (χ1n) is 8.83. The Morgan fingerprint density at radius 2 is 2.11 bits per heavy atom. The molecule has 9 heteroatoms. The van der Waals surface area contributed by atoms with E-state index in [2.05, 4.69) is 20.9 Å². The third kappa shape index (κ3) is 5.66. The summed E-state index contributed by atoms with van der Waals surface area (Å²) in [7, 11) is 1.63. The Hall–Kier alpha value is -2.16. The highest BCUT2D eigenvalue weighted by atomic mass is 35.5. The molecule has 1 amide bonds. The lowest BCUT2D eigenvalue weighted by molar-refractivity contribution is 0.102. The molecule has 27 heavy (non-hydrogen) atoms. The number of nitrogens with zero attached hydrogens (tertiary/aromatic N) is 3. The van der Waals surface area contributed by atoms with Crippen molar-refractivity contribution < 1.29 is 14.3 Å². The molecule has 0 spiro atoms. The van der Waals surface area contributed by atoms with Crippen LogP contribution in [0, 0.1) is 6.92 Å². The molecular weight excluding hydrogens is 370 g/mol. The quantitative estimate of drug-likeness (QED) is 0.698. The van der Waals surface area contributed by atoms with Crippen molar-refractivity contribution in [2.24, 2.45) is 0 Å². The van der Waals surface area contributed by atoms with Gasteiger partial charge in [-0.05, 0) is 56.6 Å². The van der Waals surface area contributed by atoms with Crippen LogP contribution >= 0.6 is 12.4 Å². The van der Waals surface area contributed by atoms with Crippen molar-refractivity contribution in [3.05, 3.63) is 35.7 Å². The van der Waals surface area contributed by atoms with E-state index in [1.807, 2.05) is 25.1 Å². The molecule has 1 saturated heterocycles. The molecule has 1 fully saturated rings. The zero-order chi connectivity index (χ0) is 18.4. The molecule has 0 bridgehead atoms. The summed E-state index contributed by atoms with van der Waals surface area (Å²) < 4.78 is 12.3. The molecular formula is C18H26ClN5O3. The average molecular weight is 396 g/mol. The molecule has 0 radical (unpaired) electrons. The van der Waals surface area contributed by atoms with Gasteiger partial charge in [-0.15, -0.1) is 17.5 Å². The van der Waals surface area contributed by atoms with Crippen molar-refractivity contribution >= 4 is 24.0 Å². The molecule has 1 aliphatic heterocycles. The first kappa shape index (κ1) is 21.1. The van der Waals surface area contributed by atoms with Crippen molar-refractivity contribution in [2.75, 3.05) is 38.7 Å². The maximum Gasteiger partial charge on any atom is 0.277 e. The number of amides is 1. The van der Waals surface area contributed by atoms with E-state index in [1.54, 1.807) is 18.0 Å². The van der Waals surface area contributed by atoms with Crippen LogP contribution < -0.4 is 15.4 Å². The fraction of sp³-hybridized carbons (Fsp3) is 0.500. The van der Waals surface area contributed by atoms with Gasteiger partial charge in [0.2, 0.25) is 0 Å². The van der Waals surface area contributed by atoms with E-state index in [1.165, 1.54) is 0 Å². The number of anilines is 1. The molecule has 2 N–H and O–H groups in total. The van der Waals surface area contributed by atoms with Gasteiger partial charge in [-0.1, -0.05) is 5.21 Å². The Morgan fingerprint density at radius 1 is 1.33 bits per heavy atom. The van der Waals surface area contributed by atoms with Crippen molar-refractivity contribution in [3.8, 4) is 5.75 Å². The molecule has 0 saturated carbocycles. The molecule has 2 heterocycles. The van der Waals surface area contributed by atoms with Crippen LogP contribution in [0.3, 0.4) is 0 Å². The summed E-state index contributed by atoms with van der Waals surface area (Å²) in [5.74, 6) is 0.482. The van der Waals surface area contributed by atoms with Crippen LogP contribution in [-0.4, -0.2) is 54.3 Å². The van der Waals surface area contributed by atoms with E-state index in [-0.39, 0.29) is 18.3 Å². The number of rotatable bonds is 7. The van der Waals surface area contributed by atoms with Crippen molar-refractivity contribution in [2.45, 2.75) is 25.8 Å². The van der Waals surface area contributed by atoms with E-state index in [0.717, 1.165) is 42.9 Å². The van der Waals surface area contributed by atoms with Gasteiger partial charge >= 0.3 is 0 Å². The van der Waals surface area contributed by atoms with E-state index in [0.29, 0.717) is 24.9 Å². The number of methoxy groups -OCH3 is 1. The number of ether oxygens (including phenoxy) is 2. The number of carbonyl (C=O) groups is 1. The minimum atomic E-state index is -0.263. The zero-order valence-corrected chi connectivity index (χ0v) is 16.4. The molecule has 0 unspecified atom stereocenters. The average Bonchev–Trinajstić information content (AvgIpc) is 3.15. The zero-order valence-electron chi connectivity index (χ0n) is 15.6. The standard InChI is InChI=1S/C18H25N5O3.ClH/c1-13-11-15(26-10-9-25-2)3-4-16(13)20-18(24)17-12-23(22-21-17)14-5-7-19-8-6-14;/h3-4,11-12,14,19H,5-10H2,1-2H3,(H,20,24);1H. The number of aryl methyl sites for hydroxylation is 1. The lowest BCUT2D eigenvalue weighted by Gasteiger charge is -2.22. The third-order valence-corrected chi connectivity index (χ3v) is 4.43. The molecule has 2 aromatic rings. The maximum absolute atomic E-state index is 12.5. The van der Waals surface area contributed by atoms with Crippen molar-refractivity contribution in [1.29, 1.82) is 0 Å². The molecule has 0 aliphatic carbocycles. The number of nitrogens with one attached hydrogen (secondary N) is 2. The first-order valence-corrected chi connectivity index (χ1v) is 8.83. The summed E-state index contributed by atoms with van der Waals surface area (Å²) in [6, 6.07) is 5.84. The number of carbonyl (C=O) groups excluding carboxylic acids is 1. The highest BCUT2D eigenvalue weighted by Crippen LogP contribution is 2.22. The number of piperidine rings is 1.